The molecule has 0 amide bonds. The summed E-state index contributed by atoms with van der Waals surface area (Å²) in [5.41, 5.74) is 7.28. The van der Waals surface area contributed by atoms with Gasteiger partial charge in [-0.1, -0.05) is 23.7 Å². The van der Waals surface area contributed by atoms with Crippen molar-refractivity contribution in [3.63, 3.8) is 0 Å². The molecule has 1 heterocycles. The molecule has 2 aromatic rings. The van der Waals surface area contributed by atoms with Gasteiger partial charge in [-0.15, -0.1) is 11.3 Å². The van der Waals surface area contributed by atoms with Crippen LogP contribution in [-0.4, -0.2) is 0 Å². The Morgan fingerprint density at radius 3 is 2.44 bits per heavy atom. The Morgan fingerprint density at radius 1 is 1.31 bits per heavy atom. The molecule has 0 spiro atoms. The van der Waals surface area contributed by atoms with Crippen LogP contribution in [0.15, 0.2) is 34.8 Å². The maximum Gasteiger partial charge on any atom is 0.0646 e. The van der Waals surface area contributed by atoms with Gasteiger partial charge in [-0.2, -0.15) is 0 Å². The lowest BCUT2D eigenvalue weighted by molar-refractivity contribution is 0.893. The fourth-order valence-electron chi connectivity index (χ4n) is 1.47. The minimum Gasteiger partial charge on any atom is -0.320 e. The quantitative estimate of drug-likeness (QED) is 0.866. The Bertz CT molecular complexity index is 473. The molecule has 0 aliphatic carbocycles. The van der Waals surface area contributed by atoms with Gasteiger partial charge in [-0.05, 0) is 46.6 Å². The predicted octanol–water partition coefficient (Wildman–Crippen LogP) is 4.52. The van der Waals surface area contributed by atoms with Crippen molar-refractivity contribution in [1.29, 1.82) is 0 Å². The lowest BCUT2D eigenvalue weighted by Crippen LogP contribution is -2.09. The number of rotatable bonds is 2. The first kappa shape index (κ1) is 12.1. The number of halogens is 2. The fourth-order valence-corrected chi connectivity index (χ4v) is 3.19. The Morgan fingerprint density at radius 2 is 1.94 bits per heavy atom. The van der Waals surface area contributed by atoms with Crippen molar-refractivity contribution in [2.24, 2.45) is 5.73 Å². The van der Waals surface area contributed by atoms with E-state index in [9.17, 15) is 0 Å². The first-order chi connectivity index (χ1) is 7.58. The smallest absolute Gasteiger partial charge is 0.0646 e. The van der Waals surface area contributed by atoms with Gasteiger partial charge in [0.15, 0.2) is 0 Å². The molecule has 0 fully saturated rings. The molecule has 0 radical (unpaired) electrons. The Kier molecular flexibility index (Phi) is 3.70. The van der Waals surface area contributed by atoms with Gasteiger partial charge in [0.05, 0.1) is 6.04 Å². The summed E-state index contributed by atoms with van der Waals surface area (Å²) >= 11 is 11.1. The SMILES string of the molecule is Cc1sc(C(N)c2ccc(Cl)cc2)cc1Br. The molecular weight excluding hydrogens is 306 g/mol. The van der Waals surface area contributed by atoms with E-state index in [-0.39, 0.29) is 6.04 Å². The minimum absolute atomic E-state index is 0.0766. The third kappa shape index (κ3) is 2.48. The zero-order valence-corrected chi connectivity index (χ0v) is 11.9. The first-order valence-corrected chi connectivity index (χ1v) is 6.83. The van der Waals surface area contributed by atoms with Crippen molar-refractivity contribution in [1.82, 2.24) is 0 Å². The van der Waals surface area contributed by atoms with Gasteiger partial charge in [-0.25, -0.2) is 0 Å². The van der Waals surface area contributed by atoms with Gasteiger partial charge in [0.2, 0.25) is 0 Å². The van der Waals surface area contributed by atoms with Gasteiger partial charge in [0, 0.05) is 19.2 Å². The first-order valence-electron chi connectivity index (χ1n) is 4.85. The highest BCUT2D eigenvalue weighted by Gasteiger charge is 2.12. The molecule has 0 aliphatic rings. The van der Waals surface area contributed by atoms with E-state index in [4.69, 9.17) is 17.3 Å². The highest BCUT2D eigenvalue weighted by molar-refractivity contribution is 9.10. The Hall–Kier alpha value is -0.350. The van der Waals surface area contributed by atoms with Crippen LogP contribution in [0.2, 0.25) is 5.02 Å². The average Bonchev–Trinajstić information content (AvgIpc) is 2.59. The van der Waals surface area contributed by atoms with Crippen molar-refractivity contribution in [2.45, 2.75) is 13.0 Å². The molecule has 0 saturated heterocycles. The Balaban J connectivity index is 2.31. The number of hydrogen-bond acceptors (Lipinski definition) is 2. The van der Waals surface area contributed by atoms with Crippen LogP contribution >= 0.6 is 38.9 Å². The predicted molar refractivity (Wildman–Crippen MR) is 74.2 cm³/mol. The third-order valence-electron chi connectivity index (χ3n) is 2.41. The highest BCUT2D eigenvalue weighted by atomic mass is 79.9. The van der Waals surface area contributed by atoms with Crippen molar-refractivity contribution >= 4 is 38.9 Å². The second kappa shape index (κ2) is 4.88. The summed E-state index contributed by atoms with van der Waals surface area (Å²) in [6.45, 7) is 2.08. The van der Waals surface area contributed by atoms with E-state index in [1.165, 1.54) is 4.88 Å². The lowest BCUT2D eigenvalue weighted by atomic mass is 10.1. The maximum absolute atomic E-state index is 6.20. The van der Waals surface area contributed by atoms with E-state index >= 15 is 0 Å². The van der Waals surface area contributed by atoms with Gasteiger partial charge < -0.3 is 5.73 Å². The number of aryl methyl sites for hydroxylation is 1. The van der Waals surface area contributed by atoms with Gasteiger partial charge >= 0.3 is 0 Å². The molecule has 1 nitrogen and oxygen atoms in total. The summed E-state index contributed by atoms with van der Waals surface area (Å²) in [7, 11) is 0. The van der Waals surface area contributed by atoms with Crippen LogP contribution in [-0.2, 0) is 0 Å². The second-order valence-corrected chi connectivity index (χ2v) is 6.16. The number of nitrogens with two attached hydrogens (primary N) is 1. The molecule has 1 unspecified atom stereocenters. The van der Waals surface area contributed by atoms with Crippen LogP contribution < -0.4 is 5.73 Å². The fraction of sp³-hybridized carbons (Fsp3) is 0.167. The number of hydrogen-bond donors (Lipinski definition) is 1. The summed E-state index contributed by atoms with van der Waals surface area (Å²) in [5, 5.41) is 0.736. The van der Waals surface area contributed by atoms with Crippen LogP contribution in [0.3, 0.4) is 0 Å². The van der Waals surface area contributed by atoms with E-state index in [1.54, 1.807) is 11.3 Å². The largest absolute Gasteiger partial charge is 0.320 e. The Labute approximate surface area is 112 Å². The van der Waals surface area contributed by atoms with Gasteiger partial charge in [0.25, 0.3) is 0 Å². The molecule has 2 N–H and O–H groups in total. The third-order valence-corrected chi connectivity index (χ3v) is 4.88. The standard InChI is InChI=1S/C12H11BrClNS/c1-7-10(13)6-11(16-7)12(15)8-2-4-9(14)5-3-8/h2-6,12H,15H2,1H3. The normalized spacial score (nSPS) is 12.8. The topological polar surface area (TPSA) is 26.0 Å². The van der Waals surface area contributed by atoms with Crippen molar-refractivity contribution in [2.75, 3.05) is 0 Å². The second-order valence-electron chi connectivity index (χ2n) is 3.58. The molecule has 2 rings (SSSR count). The molecule has 0 bridgehead atoms. The monoisotopic (exact) mass is 315 g/mol. The van der Waals surface area contributed by atoms with Crippen LogP contribution in [0.5, 0.6) is 0 Å². The molecule has 4 heteroatoms. The molecule has 1 atom stereocenters. The van der Waals surface area contributed by atoms with E-state index in [1.807, 2.05) is 24.3 Å². The molecule has 1 aromatic heterocycles. The molecule has 16 heavy (non-hydrogen) atoms. The van der Waals surface area contributed by atoms with Crippen molar-refractivity contribution < 1.29 is 0 Å². The van der Waals surface area contributed by atoms with Gasteiger partial charge in [-0.3, -0.25) is 0 Å². The summed E-state index contributed by atoms with van der Waals surface area (Å²) in [6, 6.07) is 9.68. The van der Waals surface area contributed by atoms with Gasteiger partial charge in [0.1, 0.15) is 0 Å². The lowest BCUT2D eigenvalue weighted by Gasteiger charge is -2.09. The summed E-state index contributed by atoms with van der Waals surface area (Å²) in [5.74, 6) is 0. The zero-order chi connectivity index (χ0) is 11.7. The van der Waals surface area contributed by atoms with Crippen LogP contribution in [0, 0.1) is 6.92 Å². The number of thiophene rings is 1. The number of benzene rings is 1. The summed E-state index contributed by atoms with van der Waals surface area (Å²) < 4.78 is 1.12. The van der Waals surface area contributed by atoms with E-state index in [0.717, 1.165) is 19.9 Å². The van der Waals surface area contributed by atoms with Crippen LogP contribution in [0.4, 0.5) is 0 Å². The molecule has 0 saturated carbocycles. The molecule has 0 aliphatic heterocycles. The zero-order valence-electron chi connectivity index (χ0n) is 8.71. The summed E-state index contributed by atoms with van der Waals surface area (Å²) in [6.07, 6.45) is 0. The van der Waals surface area contributed by atoms with Crippen LogP contribution in [0.1, 0.15) is 21.4 Å². The van der Waals surface area contributed by atoms with Crippen molar-refractivity contribution in [3.05, 3.63) is 55.1 Å². The van der Waals surface area contributed by atoms with E-state index < -0.39 is 0 Å². The summed E-state index contributed by atoms with van der Waals surface area (Å²) in [4.78, 5) is 2.41. The molecule has 84 valence electrons. The highest BCUT2D eigenvalue weighted by Crippen LogP contribution is 2.32. The maximum atomic E-state index is 6.20. The molecule has 1 aromatic carbocycles. The average molecular weight is 317 g/mol. The van der Waals surface area contributed by atoms with Crippen LogP contribution in [0.25, 0.3) is 0 Å². The van der Waals surface area contributed by atoms with Crippen molar-refractivity contribution in [3.8, 4) is 0 Å². The van der Waals surface area contributed by atoms with E-state index in [0.29, 0.717) is 0 Å². The molecular formula is C12H11BrClNS. The minimum atomic E-state index is -0.0766. The van der Waals surface area contributed by atoms with E-state index in [2.05, 4.69) is 28.9 Å².